The molecule has 2 aromatic rings. The van der Waals surface area contributed by atoms with E-state index in [0.29, 0.717) is 0 Å². The maximum absolute atomic E-state index is 5.06. The van der Waals surface area contributed by atoms with Gasteiger partial charge in [-0.2, -0.15) is 0 Å². The van der Waals surface area contributed by atoms with Gasteiger partial charge in [0.25, 0.3) is 0 Å². The van der Waals surface area contributed by atoms with Gasteiger partial charge in [-0.3, -0.25) is 0 Å². The molecule has 0 amide bonds. The van der Waals surface area contributed by atoms with Gasteiger partial charge in [0.15, 0.2) is 0 Å². The summed E-state index contributed by atoms with van der Waals surface area (Å²) in [5, 5.41) is 0. The summed E-state index contributed by atoms with van der Waals surface area (Å²) in [7, 11) is 1.69. The lowest BCUT2D eigenvalue weighted by molar-refractivity contribution is 0.414. The molecule has 3 rings (SSSR count). The lowest BCUT2D eigenvalue weighted by Crippen LogP contribution is -1.89. The number of methoxy groups -OCH3 is 1. The molecule has 0 saturated carbocycles. The molecule has 1 aliphatic carbocycles. The summed E-state index contributed by atoms with van der Waals surface area (Å²) >= 11 is 0. The van der Waals surface area contributed by atoms with Crippen molar-refractivity contribution in [2.45, 2.75) is 33.1 Å². The molecule has 0 atom stereocenters. The highest BCUT2D eigenvalue weighted by Gasteiger charge is 2.15. The van der Waals surface area contributed by atoms with Crippen LogP contribution in [0.5, 0.6) is 5.75 Å². The van der Waals surface area contributed by atoms with Gasteiger partial charge in [0.05, 0.1) is 7.11 Å². The van der Waals surface area contributed by atoms with Crippen molar-refractivity contribution < 1.29 is 4.74 Å². The second kappa shape index (κ2) is 7.14. The normalized spacial score (nSPS) is 13.3. The van der Waals surface area contributed by atoms with Gasteiger partial charge in [0.2, 0.25) is 0 Å². The molecule has 0 aromatic heterocycles. The SMILES string of the molecule is CC1Cc2ccccc2C1.CCc1cccc(OC)c1. The highest BCUT2D eigenvalue weighted by molar-refractivity contribution is 5.31. The van der Waals surface area contributed by atoms with Crippen LogP contribution in [0.1, 0.15) is 30.5 Å². The smallest absolute Gasteiger partial charge is 0.119 e. The molecular formula is C19H24O. The minimum atomic E-state index is 0.873. The van der Waals surface area contributed by atoms with Crippen LogP contribution in [0, 0.1) is 5.92 Å². The summed E-state index contributed by atoms with van der Waals surface area (Å²) in [5.41, 5.74) is 4.45. The first-order valence-electron chi connectivity index (χ1n) is 7.42. The van der Waals surface area contributed by atoms with E-state index in [2.05, 4.69) is 50.2 Å². The Balaban J connectivity index is 0.000000147. The highest BCUT2D eigenvalue weighted by atomic mass is 16.5. The minimum absolute atomic E-state index is 0.873. The molecule has 0 N–H and O–H groups in total. The monoisotopic (exact) mass is 268 g/mol. The van der Waals surface area contributed by atoms with Gasteiger partial charge in [-0.25, -0.2) is 0 Å². The molecule has 1 aliphatic rings. The summed E-state index contributed by atoms with van der Waals surface area (Å²) in [6.45, 7) is 4.45. The third kappa shape index (κ3) is 3.86. The first-order valence-corrected chi connectivity index (χ1v) is 7.42. The predicted molar refractivity (Wildman–Crippen MR) is 85.4 cm³/mol. The maximum atomic E-state index is 5.06. The van der Waals surface area contributed by atoms with E-state index in [1.54, 1.807) is 18.2 Å². The number of hydrogen-bond acceptors (Lipinski definition) is 1. The van der Waals surface area contributed by atoms with Crippen molar-refractivity contribution in [2.24, 2.45) is 5.92 Å². The van der Waals surface area contributed by atoms with Gasteiger partial charge in [0, 0.05) is 0 Å². The Morgan fingerprint density at radius 2 is 1.65 bits per heavy atom. The number of aryl methyl sites for hydroxylation is 1. The van der Waals surface area contributed by atoms with Crippen molar-refractivity contribution in [2.75, 3.05) is 7.11 Å². The van der Waals surface area contributed by atoms with Crippen LogP contribution in [0.3, 0.4) is 0 Å². The van der Waals surface area contributed by atoms with Gasteiger partial charge in [-0.05, 0) is 54.0 Å². The summed E-state index contributed by atoms with van der Waals surface area (Å²) in [6, 6.07) is 16.9. The van der Waals surface area contributed by atoms with Gasteiger partial charge in [0.1, 0.15) is 5.75 Å². The summed E-state index contributed by atoms with van der Waals surface area (Å²) in [4.78, 5) is 0. The topological polar surface area (TPSA) is 9.23 Å². The van der Waals surface area contributed by atoms with E-state index < -0.39 is 0 Å². The van der Waals surface area contributed by atoms with Crippen LogP contribution in [0.2, 0.25) is 0 Å². The Labute approximate surface area is 122 Å². The van der Waals surface area contributed by atoms with Gasteiger partial charge >= 0.3 is 0 Å². The van der Waals surface area contributed by atoms with E-state index in [0.717, 1.165) is 18.1 Å². The van der Waals surface area contributed by atoms with Gasteiger partial charge in [-0.15, -0.1) is 0 Å². The summed E-state index contributed by atoms with van der Waals surface area (Å²) in [6.07, 6.45) is 3.64. The van der Waals surface area contributed by atoms with E-state index in [1.165, 1.54) is 18.4 Å². The van der Waals surface area contributed by atoms with Crippen molar-refractivity contribution in [1.82, 2.24) is 0 Å². The van der Waals surface area contributed by atoms with Crippen molar-refractivity contribution in [3.63, 3.8) is 0 Å². The molecule has 0 saturated heterocycles. The molecule has 0 fully saturated rings. The molecule has 20 heavy (non-hydrogen) atoms. The second-order valence-electron chi connectivity index (χ2n) is 5.49. The highest BCUT2D eigenvalue weighted by Crippen LogP contribution is 2.25. The van der Waals surface area contributed by atoms with Crippen molar-refractivity contribution in [3.8, 4) is 5.75 Å². The first-order chi connectivity index (χ1) is 9.72. The lowest BCUT2D eigenvalue weighted by Gasteiger charge is -2.00. The first kappa shape index (κ1) is 14.6. The average molecular weight is 268 g/mol. The molecule has 0 spiro atoms. The largest absolute Gasteiger partial charge is 0.497 e. The van der Waals surface area contributed by atoms with Crippen LogP contribution < -0.4 is 4.74 Å². The molecular weight excluding hydrogens is 244 g/mol. The standard InChI is InChI=1S/C10H12.C9H12O/c1-8-6-9-4-2-3-5-10(9)7-8;1-3-8-5-4-6-9(7-8)10-2/h2-5,8H,6-7H2,1H3;4-7H,3H2,1-2H3. The zero-order valence-corrected chi connectivity index (χ0v) is 12.7. The average Bonchev–Trinajstić information content (AvgIpc) is 2.88. The van der Waals surface area contributed by atoms with Gasteiger partial charge in [-0.1, -0.05) is 50.2 Å². The Bertz CT molecular complexity index is 501. The van der Waals surface area contributed by atoms with Crippen LogP contribution >= 0.6 is 0 Å². The van der Waals surface area contributed by atoms with E-state index in [9.17, 15) is 0 Å². The fourth-order valence-electron chi connectivity index (χ4n) is 2.67. The zero-order valence-electron chi connectivity index (χ0n) is 12.7. The molecule has 0 radical (unpaired) electrons. The van der Waals surface area contributed by atoms with Crippen molar-refractivity contribution in [1.29, 1.82) is 0 Å². The minimum Gasteiger partial charge on any atom is -0.497 e. The molecule has 1 nitrogen and oxygen atoms in total. The summed E-state index contributed by atoms with van der Waals surface area (Å²) < 4.78 is 5.06. The van der Waals surface area contributed by atoms with Crippen LogP contribution in [0.4, 0.5) is 0 Å². The number of rotatable bonds is 2. The molecule has 0 aliphatic heterocycles. The maximum Gasteiger partial charge on any atom is 0.119 e. The molecule has 106 valence electrons. The zero-order chi connectivity index (χ0) is 14.4. The van der Waals surface area contributed by atoms with Crippen LogP contribution in [0.15, 0.2) is 48.5 Å². The summed E-state index contributed by atoms with van der Waals surface area (Å²) in [5.74, 6) is 1.82. The van der Waals surface area contributed by atoms with E-state index in [1.807, 2.05) is 12.1 Å². The Morgan fingerprint density at radius 1 is 1.00 bits per heavy atom. The van der Waals surface area contributed by atoms with E-state index in [4.69, 9.17) is 4.74 Å². The number of hydrogen-bond donors (Lipinski definition) is 0. The molecule has 0 bridgehead atoms. The van der Waals surface area contributed by atoms with Crippen molar-refractivity contribution >= 4 is 0 Å². The number of benzene rings is 2. The molecule has 0 unspecified atom stereocenters. The van der Waals surface area contributed by atoms with E-state index in [-0.39, 0.29) is 0 Å². The second-order valence-corrected chi connectivity index (χ2v) is 5.49. The Hall–Kier alpha value is -1.76. The molecule has 2 aromatic carbocycles. The van der Waals surface area contributed by atoms with E-state index >= 15 is 0 Å². The fourth-order valence-corrected chi connectivity index (χ4v) is 2.67. The number of ether oxygens (including phenoxy) is 1. The van der Waals surface area contributed by atoms with Crippen molar-refractivity contribution in [3.05, 3.63) is 65.2 Å². The van der Waals surface area contributed by atoms with Crippen LogP contribution in [-0.2, 0) is 19.3 Å². The quantitative estimate of drug-likeness (QED) is 0.768. The Kier molecular flexibility index (Phi) is 5.23. The lowest BCUT2D eigenvalue weighted by atomic mass is 10.1. The van der Waals surface area contributed by atoms with Crippen LogP contribution in [-0.4, -0.2) is 7.11 Å². The third-order valence-electron chi connectivity index (χ3n) is 3.80. The predicted octanol–water partition coefficient (Wildman–Crippen LogP) is 4.68. The fraction of sp³-hybridized carbons (Fsp3) is 0.368. The van der Waals surface area contributed by atoms with Gasteiger partial charge < -0.3 is 4.74 Å². The van der Waals surface area contributed by atoms with Crippen LogP contribution in [0.25, 0.3) is 0 Å². The molecule has 0 heterocycles. The number of fused-ring (bicyclic) bond motifs is 1. The Morgan fingerprint density at radius 3 is 2.20 bits per heavy atom. The molecule has 1 heteroatoms. The third-order valence-corrected chi connectivity index (χ3v) is 3.80.